The molecule has 18 heavy (non-hydrogen) atoms. The van der Waals surface area contributed by atoms with Gasteiger partial charge in [0.05, 0.1) is 11.6 Å². The maximum atomic E-state index is 11.0. The first-order valence-electron chi connectivity index (χ1n) is 5.98. The van der Waals surface area contributed by atoms with Gasteiger partial charge in [-0.2, -0.15) is 0 Å². The van der Waals surface area contributed by atoms with Crippen molar-refractivity contribution in [1.29, 1.82) is 0 Å². The quantitative estimate of drug-likeness (QED) is 0.844. The van der Waals surface area contributed by atoms with E-state index >= 15 is 0 Å². The minimum absolute atomic E-state index is 0.174. The van der Waals surface area contributed by atoms with E-state index in [1.165, 1.54) is 0 Å². The maximum Gasteiger partial charge on any atom is 0.308 e. The number of ether oxygens (including phenoxy) is 1. The van der Waals surface area contributed by atoms with Gasteiger partial charge in [-0.05, 0) is 5.92 Å². The number of aliphatic carboxylic acids is 1. The highest BCUT2D eigenvalue weighted by Crippen LogP contribution is 2.24. The van der Waals surface area contributed by atoms with Crippen molar-refractivity contribution >= 4 is 5.97 Å². The summed E-state index contributed by atoms with van der Waals surface area (Å²) >= 11 is 0. The Bertz CT molecular complexity index is 418. The van der Waals surface area contributed by atoms with Crippen LogP contribution in [0.5, 0.6) is 0 Å². The minimum Gasteiger partial charge on any atom is -0.481 e. The molecule has 0 amide bonds. The summed E-state index contributed by atoms with van der Waals surface area (Å²) in [5.74, 6) is -0.136. The number of likely N-dealkylation sites (tertiary alicyclic amines) is 1. The predicted octanol–water partition coefficient (Wildman–Crippen LogP) is 0.974. The Morgan fingerprint density at radius 2 is 2.44 bits per heavy atom. The molecule has 0 unspecified atom stereocenters. The molecule has 1 aliphatic heterocycles. The van der Waals surface area contributed by atoms with Gasteiger partial charge in [0, 0.05) is 32.8 Å². The second-order valence-electron chi connectivity index (χ2n) is 4.83. The molecule has 1 aromatic heterocycles. The summed E-state index contributed by atoms with van der Waals surface area (Å²) in [5.41, 5.74) is 0.820. The molecule has 2 rings (SSSR count). The average molecular weight is 254 g/mol. The lowest BCUT2D eigenvalue weighted by molar-refractivity contribution is -0.142. The monoisotopic (exact) mass is 254 g/mol. The lowest BCUT2D eigenvalue weighted by Gasteiger charge is -2.12. The van der Waals surface area contributed by atoms with E-state index in [1.807, 2.05) is 13.0 Å². The SMILES string of the molecule is COCc1cc(CN2C[C@@H](C)[C@H](C(=O)O)C2)no1. The fraction of sp³-hybridized carbons (Fsp3) is 0.667. The fourth-order valence-corrected chi connectivity index (χ4v) is 2.39. The van der Waals surface area contributed by atoms with Gasteiger partial charge in [0.1, 0.15) is 6.61 Å². The first-order chi connectivity index (χ1) is 8.60. The number of rotatable bonds is 5. The Morgan fingerprint density at radius 1 is 1.67 bits per heavy atom. The van der Waals surface area contributed by atoms with Crippen LogP contribution in [0.25, 0.3) is 0 Å². The highest BCUT2D eigenvalue weighted by atomic mass is 16.5. The minimum atomic E-state index is -0.717. The molecule has 100 valence electrons. The van der Waals surface area contributed by atoms with E-state index in [0.29, 0.717) is 25.5 Å². The zero-order valence-electron chi connectivity index (χ0n) is 10.6. The highest BCUT2D eigenvalue weighted by molar-refractivity contribution is 5.71. The Morgan fingerprint density at radius 3 is 3.06 bits per heavy atom. The van der Waals surface area contributed by atoms with Gasteiger partial charge in [-0.3, -0.25) is 9.69 Å². The van der Waals surface area contributed by atoms with Crippen LogP contribution in [0.2, 0.25) is 0 Å². The highest BCUT2D eigenvalue weighted by Gasteiger charge is 2.34. The Hall–Kier alpha value is -1.40. The van der Waals surface area contributed by atoms with Crippen LogP contribution in [0.4, 0.5) is 0 Å². The number of hydrogen-bond acceptors (Lipinski definition) is 5. The molecular formula is C12H18N2O4. The van der Waals surface area contributed by atoms with Crippen molar-refractivity contribution in [3.8, 4) is 0 Å². The lowest BCUT2D eigenvalue weighted by atomic mass is 9.99. The summed E-state index contributed by atoms with van der Waals surface area (Å²) in [6, 6.07) is 1.85. The largest absolute Gasteiger partial charge is 0.481 e. The van der Waals surface area contributed by atoms with E-state index in [4.69, 9.17) is 14.4 Å². The molecule has 1 saturated heterocycles. The Balaban J connectivity index is 1.92. The molecule has 0 bridgehead atoms. The molecular weight excluding hydrogens is 236 g/mol. The standard InChI is InChI=1S/C12H18N2O4/c1-8-4-14(6-11(8)12(15)16)5-9-3-10(7-17-2)18-13-9/h3,8,11H,4-7H2,1-2H3,(H,15,16)/t8-,11-/m1/s1. The van der Waals surface area contributed by atoms with Crippen LogP contribution < -0.4 is 0 Å². The van der Waals surface area contributed by atoms with Gasteiger partial charge in [-0.1, -0.05) is 12.1 Å². The molecule has 1 aromatic rings. The molecule has 0 spiro atoms. The molecule has 1 aliphatic rings. The summed E-state index contributed by atoms with van der Waals surface area (Å²) < 4.78 is 10.1. The summed E-state index contributed by atoms with van der Waals surface area (Å²) in [5, 5.41) is 13.0. The predicted molar refractivity (Wildman–Crippen MR) is 62.8 cm³/mol. The third kappa shape index (κ3) is 2.88. The van der Waals surface area contributed by atoms with Gasteiger partial charge in [0.15, 0.2) is 5.76 Å². The summed E-state index contributed by atoms with van der Waals surface area (Å²) in [6.45, 7) is 4.35. The normalized spacial score (nSPS) is 24.6. The van der Waals surface area contributed by atoms with E-state index in [-0.39, 0.29) is 11.8 Å². The van der Waals surface area contributed by atoms with Gasteiger partial charge in [-0.25, -0.2) is 0 Å². The van der Waals surface area contributed by atoms with E-state index in [1.54, 1.807) is 7.11 Å². The zero-order valence-corrected chi connectivity index (χ0v) is 10.6. The molecule has 0 aliphatic carbocycles. The molecule has 0 saturated carbocycles. The number of nitrogens with zero attached hydrogens (tertiary/aromatic N) is 2. The molecule has 2 heterocycles. The average Bonchev–Trinajstić information content (AvgIpc) is 2.87. The van der Waals surface area contributed by atoms with Crippen LogP contribution >= 0.6 is 0 Å². The maximum absolute atomic E-state index is 11.0. The third-order valence-corrected chi connectivity index (χ3v) is 3.29. The van der Waals surface area contributed by atoms with Crippen molar-refractivity contribution in [3.05, 3.63) is 17.5 Å². The van der Waals surface area contributed by atoms with Crippen molar-refractivity contribution in [3.63, 3.8) is 0 Å². The third-order valence-electron chi connectivity index (χ3n) is 3.29. The topological polar surface area (TPSA) is 75.8 Å². The number of aromatic nitrogens is 1. The lowest BCUT2D eigenvalue weighted by Crippen LogP contribution is -2.23. The van der Waals surface area contributed by atoms with Crippen molar-refractivity contribution < 1.29 is 19.2 Å². The molecule has 0 radical (unpaired) electrons. The second kappa shape index (κ2) is 5.49. The first-order valence-corrected chi connectivity index (χ1v) is 5.98. The number of carboxylic acids is 1. The van der Waals surface area contributed by atoms with Crippen LogP contribution in [0.1, 0.15) is 18.4 Å². The van der Waals surface area contributed by atoms with Crippen molar-refractivity contribution in [1.82, 2.24) is 10.1 Å². The number of hydrogen-bond donors (Lipinski definition) is 1. The second-order valence-corrected chi connectivity index (χ2v) is 4.83. The summed E-state index contributed by atoms with van der Waals surface area (Å²) in [4.78, 5) is 13.1. The Labute approximate surface area is 106 Å². The van der Waals surface area contributed by atoms with Gasteiger partial charge in [0.25, 0.3) is 0 Å². The van der Waals surface area contributed by atoms with Crippen LogP contribution in [0, 0.1) is 11.8 Å². The van der Waals surface area contributed by atoms with Crippen LogP contribution in [-0.2, 0) is 22.7 Å². The van der Waals surface area contributed by atoms with Crippen LogP contribution in [-0.4, -0.2) is 41.3 Å². The van der Waals surface area contributed by atoms with E-state index in [2.05, 4.69) is 10.1 Å². The van der Waals surface area contributed by atoms with E-state index in [9.17, 15) is 4.79 Å². The zero-order chi connectivity index (χ0) is 13.1. The molecule has 6 heteroatoms. The van der Waals surface area contributed by atoms with Crippen molar-refractivity contribution in [2.75, 3.05) is 20.2 Å². The van der Waals surface area contributed by atoms with Crippen LogP contribution in [0.3, 0.4) is 0 Å². The molecule has 2 atom stereocenters. The molecule has 1 fully saturated rings. The van der Waals surface area contributed by atoms with E-state index < -0.39 is 5.97 Å². The van der Waals surface area contributed by atoms with Crippen molar-refractivity contribution in [2.45, 2.75) is 20.1 Å². The van der Waals surface area contributed by atoms with Gasteiger partial charge >= 0.3 is 5.97 Å². The number of carbonyl (C=O) groups is 1. The molecule has 6 nitrogen and oxygen atoms in total. The van der Waals surface area contributed by atoms with Gasteiger partial charge in [0.2, 0.25) is 0 Å². The molecule has 0 aromatic carbocycles. The van der Waals surface area contributed by atoms with Gasteiger partial charge < -0.3 is 14.4 Å². The number of carboxylic acid groups (broad SMARTS) is 1. The fourth-order valence-electron chi connectivity index (χ4n) is 2.39. The molecule has 1 N–H and O–H groups in total. The summed E-state index contributed by atoms with van der Waals surface area (Å²) in [7, 11) is 1.60. The van der Waals surface area contributed by atoms with Gasteiger partial charge in [-0.15, -0.1) is 0 Å². The first kappa shape index (κ1) is 13.0. The van der Waals surface area contributed by atoms with Crippen LogP contribution in [0.15, 0.2) is 10.6 Å². The van der Waals surface area contributed by atoms with E-state index in [0.717, 1.165) is 12.2 Å². The number of methoxy groups -OCH3 is 1. The smallest absolute Gasteiger partial charge is 0.308 e. The van der Waals surface area contributed by atoms with Crippen molar-refractivity contribution in [2.24, 2.45) is 11.8 Å². The summed E-state index contributed by atoms with van der Waals surface area (Å²) in [6.07, 6.45) is 0. The Kier molecular flexibility index (Phi) is 3.98.